The lowest BCUT2D eigenvalue weighted by atomic mass is 9.65. The van der Waals surface area contributed by atoms with Crippen LogP contribution >= 0.6 is 15.9 Å². The van der Waals surface area contributed by atoms with E-state index in [1.807, 2.05) is 31.2 Å². The average Bonchev–Trinajstić information content (AvgIpc) is 2.99. The van der Waals surface area contributed by atoms with Crippen LogP contribution in [0, 0.1) is 0 Å². The number of rotatable bonds is 2. The molecule has 3 aromatic carbocycles. The number of halogens is 1. The predicted octanol–water partition coefficient (Wildman–Crippen LogP) is 7.17. The van der Waals surface area contributed by atoms with Gasteiger partial charge in [0, 0.05) is 15.6 Å². The number of benzene rings is 3. The summed E-state index contributed by atoms with van der Waals surface area (Å²) in [6.45, 7) is 6.20. The fraction of sp³-hybridized carbons (Fsp3) is 0.0769. The minimum absolute atomic E-state index is 0.443. The van der Waals surface area contributed by atoms with Gasteiger partial charge >= 0.3 is 0 Å². The van der Waals surface area contributed by atoms with Crippen LogP contribution in [-0.4, -0.2) is 0 Å². The molecule has 1 nitrogen and oxygen atoms in total. The minimum atomic E-state index is -0.443. The first-order valence-corrected chi connectivity index (χ1v) is 10.2. The molecule has 0 aromatic heterocycles. The Hall–Kier alpha value is -2.84. The Labute approximate surface area is 173 Å². The smallest absolute Gasteiger partial charge is 0.132 e. The molecule has 1 atom stereocenters. The van der Waals surface area contributed by atoms with E-state index in [4.69, 9.17) is 4.74 Å². The van der Waals surface area contributed by atoms with Gasteiger partial charge in [0.2, 0.25) is 0 Å². The highest BCUT2D eigenvalue weighted by Gasteiger charge is 2.51. The molecule has 0 N–H and O–H groups in total. The van der Waals surface area contributed by atoms with E-state index < -0.39 is 5.41 Å². The molecular weight excluding hydrogens is 408 g/mol. The van der Waals surface area contributed by atoms with E-state index in [9.17, 15) is 0 Å². The molecule has 1 unspecified atom stereocenters. The van der Waals surface area contributed by atoms with E-state index in [2.05, 4.69) is 83.2 Å². The molecule has 3 aromatic rings. The normalized spacial score (nSPS) is 19.4. The van der Waals surface area contributed by atoms with Crippen LogP contribution in [0.15, 0.2) is 107 Å². The van der Waals surface area contributed by atoms with Crippen LogP contribution in [0.2, 0.25) is 0 Å². The monoisotopic (exact) mass is 426 g/mol. The van der Waals surface area contributed by atoms with Crippen LogP contribution in [0.1, 0.15) is 23.6 Å². The second-order valence-corrected chi connectivity index (χ2v) is 7.98. The van der Waals surface area contributed by atoms with Gasteiger partial charge < -0.3 is 4.74 Å². The highest BCUT2D eigenvalue weighted by Crippen LogP contribution is 2.60. The molecule has 28 heavy (non-hydrogen) atoms. The summed E-state index contributed by atoms with van der Waals surface area (Å²) < 4.78 is 7.40. The molecule has 1 heterocycles. The molecule has 1 aliphatic carbocycles. The lowest BCUT2D eigenvalue weighted by Gasteiger charge is -2.39. The molecule has 0 fully saturated rings. The molecule has 5 rings (SSSR count). The molecule has 0 saturated carbocycles. The van der Waals surface area contributed by atoms with Gasteiger partial charge in [0.15, 0.2) is 0 Å². The van der Waals surface area contributed by atoms with Crippen LogP contribution in [0.4, 0.5) is 0 Å². The van der Waals surface area contributed by atoms with Gasteiger partial charge in [0.25, 0.3) is 0 Å². The third-order valence-electron chi connectivity index (χ3n) is 5.71. The number of para-hydroxylation sites is 1. The summed E-state index contributed by atoms with van der Waals surface area (Å²) in [7, 11) is 0. The lowest BCUT2D eigenvalue weighted by molar-refractivity contribution is 0.403. The summed E-state index contributed by atoms with van der Waals surface area (Å²) in [5, 5.41) is 0. The zero-order valence-corrected chi connectivity index (χ0v) is 17.2. The molecule has 0 saturated heterocycles. The standard InChI is InChI=1S/C26H19BrO/c1-3-9-24-20(4-2)26(22-12-7-8-13-25(22)28-24)21-11-6-5-10-18(21)19-15-14-17(27)16-23(19)26/h3-16H,2H2,1H3/b9-3-. The highest BCUT2D eigenvalue weighted by atomic mass is 79.9. The van der Waals surface area contributed by atoms with Crippen molar-refractivity contribution in [2.45, 2.75) is 12.3 Å². The Morgan fingerprint density at radius 3 is 2.39 bits per heavy atom. The van der Waals surface area contributed by atoms with Gasteiger partial charge in [0.1, 0.15) is 11.5 Å². The summed E-state index contributed by atoms with van der Waals surface area (Å²) in [6.07, 6.45) is 6.01. The SMILES string of the molecule is C=CC1=C(/C=C\C)Oc2ccccc2C12c1ccccc1-c1ccc(Br)cc12. The molecule has 2 aliphatic rings. The summed E-state index contributed by atoms with van der Waals surface area (Å²) in [6, 6.07) is 23.6. The lowest BCUT2D eigenvalue weighted by Crippen LogP contribution is -2.34. The van der Waals surface area contributed by atoms with Crippen molar-refractivity contribution in [1.29, 1.82) is 0 Å². The van der Waals surface area contributed by atoms with Crippen LogP contribution in [-0.2, 0) is 5.41 Å². The van der Waals surface area contributed by atoms with E-state index in [1.54, 1.807) is 0 Å². The Bertz CT molecular complexity index is 1180. The summed E-state index contributed by atoms with van der Waals surface area (Å²) in [4.78, 5) is 0. The molecule has 136 valence electrons. The number of hydrogen-bond acceptors (Lipinski definition) is 1. The van der Waals surface area contributed by atoms with E-state index in [1.165, 1.54) is 22.3 Å². The molecule has 0 amide bonds. The van der Waals surface area contributed by atoms with Crippen molar-refractivity contribution in [2.75, 3.05) is 0 Å². The summed E-state index contributed by atoms with van der Waals surface area (Å²) in [5.41, 5.74) is 6.85. The van der Waals surface area contributed by atoms with Crippen molar-refractivity contribution >= 4 is 15.9 Å². The van der Waals surface area contributed by atoms with E-state index in [-0.39, 0.29) is 0 Å². The van der Waals surface area contributed by atoms with Crippen LogP contribution < -0.4 is 4.74 Å². The Balaban J connectivity index is 2.02. The first-order valence-electron chi connectivity index (χ1n) is 9.39. The van der Waals surface area contributed by atoms with Crippen molar-refractivity contribution in [1.82, 2.24) is 0 Å². The van der Waals surface area contributed by atoms with Crippen molar-refractivity contribution < 1.29 is 4.74 Å². The highest BCUT2D eigenvalue weighted by molar-refractivity contribution is 9.10. The van der Waals surface area contributed by atoms with Gasteiger partial charge in [-0.05, 0) is 53.5 Å². The molecule has 1 spiro atoms. The number of hydrogen-bond donors (Lipinski definition) is 0. The van der Waals surface area contributed by atoms with Crippen molar-refractivity contribution in [3.05, 3.63) is 124 Å². The summed E-state index contributed by atoms with van der Waals surface area (Å²) >= 11 is 3.70. The molecule has 0 bridgehead atoms. The number of ether oxygens (including phenoxy) is 1. The Morgan fingerprint density at radius 1 is 0.893 bits per heavy atom. The topological polar surface area (TPSA) is 9.23 Å². The number of fused-ring (bicyclic) bond motifs is 7. The predicted molar refractivity (Wildman–Crippen MR) is 119 cm³/mol. The fourth-order valence-corrected chi connectivity index (χ4v) is 5.09. The molecule has 2 heteroatoms. The quantitative estimate of drug-likeness (QED) is 0.421. The first kappa shape index (κ1) is 17.3. The first-order chi connectivity index (χ1) is 13.7. The molecule has 0 radical (unpaired) electrons. The maximum atomic E-state index is 6.33. The van der Waals surface area contributed by atoms with Gasteiger partial charge in [-0.1, -0.05) is 83.2 Å². The zero-order valence-electron chi connectivity index (χ0n) is 15.6. The van der Waals surface area contributed by atoms with Gasteiger partial charge in [-0.3, -0.25) is 0 Å². The average molecular weight is 427 g/mol. The van der Waals surface area contributed by atoms with Gasteiger partial charge in [0.05, 0.1) is 5.41 Å². The second-order valence-electron chi connectivity index (χ2n) is 7.07. The second kappa shape index (κ2) is 6.35. The van der Waals surface area contributed by atoms with E-state index >= 15 is 0 Å². The van der Waals surface area contributed by atoms with E-state index in [0.717, 1.165) is 27.1 Å². The largest absolute Gasteiger partial charge is 0.457 e. The molecular formula is C26H19BrO. The molecule has 1 aliphatic heterocycles. The zero-order chi connectivity index (χ0) is 19.3. The van der Waals surface area contributed by atoms with Crippen molar-refractivity contribution in [3.63, 3.8) is 0 Å². The number of allylic oxidation sites excluding steroid dienone is 4. The van der Waals surface area contributed by atoms with Gasteiger partial charge in [-0.2, -0.15) is 0 Å². The van der Waals surface area contributed by atoms with Crippen molar-refractivity contribution in [3.8, 4) is 16.9 Å². The van der Waals surface area contributed by atoms with E-state index in [0.29, 0.717) is 0 Å². The van der Waals surface area contributed by atoms with Crippen LogP contribution in [0.25, 0.3) is 11.1 Å². The Morgan fingerprint density at radius 2 is 1.61 bits per heavy atom. The van der Waals surface area contributed by atoms with Crippen LogP contribution in [0.5, 0.6) is 5.75 Å². The fourth-order valence-electron chi connectivity index (χ4n) is 4.73. The minimum Gasteiger partial charge on any atom is -0.457 e. The van der Waals surface area contributed by atoms with Gasteiger partial charge in [-0.25, -0.2) is 0 Å². The van der Waals surface area contributed by atoms with Crippen molar-refractivity contribution in [2.24, 2.45) is 0 Å². The third kappa shape index (κ3) is 2.12. The third-order valence-corrected chi connectivity index (χ3v) is 6.20. The summed E-state index contributed by atoms with van der Waals surface area (Å²) in [5.74, 6) is 1.74. The maximum Gasteiger partial charge on any atom is 0.132 e. The van der Waals surface area contributed by atoms with Gasteiger partial charge in [-0.15, -0.1) is 0 Å². The maximum absolute atomic E-state index is 6.33. The Kier molecular flexibility index (Phi) is 3.92. The van der Waals surface area contributed by atoms with Crippen LogP contribution in [0.3, 0.4) is 0 Å².